The van der Waals surface area contributed by atoms with Crippen molar-refractivity contribution in [2.45, 2.75) is 90.9 Å². The van der Waals surface area contributed by atoms with Crippen LogP contribution in [0, 0.1) is 0 Å². The zero-order valence-electron chi connectivity index (χ0n) is 12.8. The topological polar surface area (TPSA) is 26.3 Å². The highest BCUT2D eigenvalue weighted by Gasteiger charge is 2.21. The predicted octanol–water partition coefficient (Wildman–Crippen LogP) is 5.52. The Morgan fingerprint density at radius 2 is 1.47 bits per heavy atom. The molecule has 2 heteroatoms. The fourth-order valence-corrected chi connectivity index (χ4v) is 2.66. The normalized spacial score (nSPS) is 15.2. The highest BCUT2D eigenvalue weighted by Crippen LogP contribution is 2.27. The molecule has 0 aromatic rings. The van der Waals surface area contributed by atoms with Crippen LogP contribution >= 0.6 is 0 Å². The van der Waals surface area contributed by atoms with Gasteiger partial charge in [-0.2, -0.15) is 0 Å². The standard InChI is InChI=1S/C17H30O2/c1-3-5-6-7-8-9-10-11-12-13-16-15(4-2)14-17(18)19-16/h3-14H2,1-2H3. The van der Waals surface area contributed by atoms with Crippen LogP contribution in [0.15, 0.2) is 11.3 Å². The van der Waals surface area contributed by atoms with Crippen LogP contribution in [-0.4, -0.2) is 5.97 Å². The van der Waals surface area contributed by atoms with Crippen molar-refractivity contribution in [1.29, 1.82) is 0 Å². The van der Waals surface area contributed by atoms with Crippen molar-refractivity contribution in [3.05, 3.63) is 11.3 Å². The van der Waals surface area contributed by atoms with Crippen molar-refractivity contribution >= 4 is 5.97 Å². The van der Waals surface area contributed by atoms with Gasteiger partial charge in [0.2, 0.25) is 0 Å². The molecule has 0 bridgehead atoms. The van der Waals surface area contributed by atoms with Crippen molar-refractivity contribution in [2.75, 3.05) is 0 Å². The van der Waals surface area contributed by atoms with Crippen LogP contribution < -0.4 is 0 Å². The van der Waals surface area contributed by atoms with Crippen molar-refractivity contribution in [1.82, 2.24) is 0 Å². The molecule has 0 spiro atoms. The minimum atomic E-state index is -0.0530. The molecule has 2 nitrogen and oxygen atoms in total. The van der Waals surface area contributed by atoms with Crippen molar-refractivity contribution < 1.29 is 9.53 Å². The minimum Gasteiger partial charge on any atom is -0.431 e. The van der Waals surface area contributed by atoms with E-state index in [4.69, 9.17) is 4.74 Å². The second-order valence-electron chi connectivity index (χ2n) is 5.61. The number of cyclic esters (lactones) is 1. The fourth-order valence-electron chi connectivity index (χ4n) is 2.66. The summed E-state index contributed by atoms with van der Waals surface area (Å²) in [6.07, 6.45) is 14.5. The van der Waals surface area contributed by atoms with E-state index in [1.165, 1.54) is 63.4 Å². The van der Waals surface area contributed by atoms with E-state index < -0.39 is 0 Å². The number of rotatable bonds is 11. The number of hydrogen-bond acceptors (Lipinski definition) is 2. The van der Waals surface area contributed by atoms with Crippen LogP contribution in [0.5, 0.6) is 0 Å². The highest BCUT2D eigenvalue weighted by molar-refractivity contribution is 5.76. The molecule has 110 valence electrons. The summed E-state index contributed by atoms with van der Waals surface area (Å²) in [5, 5.41) is 0. The van der Waals surface area contributed by atoms with E-state index in [1.807, 2.05) is 0 Å². The lowest BCUT2D eigenvalue weighted by Gasteiger charge is -2.04. The Morgan fingerprint density at radius 1 is 0.895 bits per heavy atom. The maximum absolute atomic E-state index is 11.2. The summed E-state index contributed by atoms with van der Waals surface area (Å²) in [6.45, 7) is 4.36. The summed E-state index contributed by atoms with van der Waals surface area (Å²) in [6, 6.07) is 0. The van der Waals surface area contributed by atoms with Gasteiger partial charge in [0.15, 0.2) is 0 Å². The molecule has 19 heavy (non-hydrogen) atoms. The third-order valence-electron chi connectivity index (χ3n) is 3.92. The van der Waals surface area contributed by atoms with Crippen molar-refractivity contribution in [3.63, 3.8) is 0 Å². The van der Waals surface area contributed by atoms with Gasteiger partial charge in [-0.1, -0.05) is 65.2 Å². The number of hydrogen-bond donors (Lipinski definition) is 0. The van der Waals surface area contributed by atoms with E-state index in [-0.39, 0.29) is 5.97 Å². The van der Waals surface area contributed by atoms with Crippen LogP contribution in [-0.2, 0) is 9.53 Å². The second-order valence-corrected chi connectivity index (χ2v) is 5.61. The van der Waals surface area contributed by atoms with Crippen molar-refractivity contribution in [2.24, 2.45) is 0 Å². The summed E-state index contributed by atoms with van der Waals surface area (Å²) in [5.41, 5.74) is 1.23. The minimum absolute atomic E-state index is 0.0530. The Labute approximate surface area is 118 Å². The summed E-state index contributed by atoms with van der Waals surface area (Å²) < 4.78 is 5.28. The fraction of sp³-hybridized carbons (Fsp3) is 0.824. The molecule has 0 aromatic heterocycles. The first-order valence-corrected chi connectivity index (χ1v) is 8.19. The van der Waals surface area contributed by atoms with Gasteiger partial charge < -0.3 is 4.74 Å². The monoisotopic (exact) mass is 266 g/mol. The molecule has 1 aliphatic heterocycles. The Hall–Kier alpha value is -0.790. The molecule has 1 aliphatic rings. The first-order valence-electron chi connectivity index (χ1n) is 8.19. The summed E-state index contributed by atoms with van der Waals surface area (Å²) in [4.78, 5) is 11.2. The Bertz CT molecular complexity index is 292. The van der Waals surface area contributed by atoms with E-state index in [0.29, 0.717) is 6.42 Å². The van der Waals surface area contributed by atoms with E-state index in [2.05, 4.69) is 13.8 Å². The van der Waals surface area contributed by atoms with Crippen LogP contribution in [0.25, 0.3) is 0 Å². The van der Waals surface area contributed by atoms with Gasteiger partial charge in [0.05, 0.1) is 6.42 Å². The number of carbonyl (C=O) groups is 1. The zero-order chi connectivity index (χ0) is 13.9. The van der Waals surface area contributed by atoms with E-state index in [1.54, 1.807) is 0 Å². The molecule has 0 saturated heterocycles. The lowest BCUT2D eigenvalue weighted by molar-refractivity contribution is -0.136. The van der Waals surface area contributed by atoms with Crippen LogP contribution in [0.4, 0.5) is 0 Å². The SMILES string of the molecule is CCCCCCCCCCCC1=C(CC)CC(=O)O1. The largest absolute Gasteiger partial charge is 0.431 e. The summed E-state index contributed by atoms with van der Waals surface area (Å²) >= 11 is 0. The maximum atomic E-state index is 11.2. The van der Waals surface area contributed by atoms with Gasteiger partial charge in [0.1, 0.15) is 5.76 Å². The number of unbranched alkanes of at least 4 members (excludes halogenated alkanes) is 8. The smallest absolute Gasteiger partial charge is 0.315 e. The zero-order valence-corrected chi connectivity index (χ0v) is 12.8. The third kappa shape index (κ3) is 6.79. The molecular weight excluding hydrogens is 236 g/mol. The van der Waals surface area contributed by atoms with E-state index in [0.717, 1.165) is 18.6 Å². The van der Waals surface area contributed by atoms with Gasteiger partial charge in [-0.05, 0) is 18.4 Å². The van der Waals surface area contributed by atoms with Gasteiger partial charge in [0, 0.05) is 6.42 Å². The Kier molecular flexibility index (Phi) is 8.61. The molecular formula is C17H30O2. The van der Waals surface area contributed by atoms with Gasteiger partial charge >= 0.3 is 5.97 Å². The first-order chi connectivity index (χ1) is 9.27. The molecule has 0 aromatic carbocycles. The van der Waals surface area contributed by atoms with Crippen LogP contribution in [0.1, 0.15) is 90.9 Å². The summed E-state index contributed by atoms with van der Waals surface area (Å²) in [7, 11) is 0. The Balaban J connectivity index is 1.97. The molecule has 0 fully saturated rings. The Morgan fingerprint density at radius 3 is 2.05 bits per heavy atom. The third-order valence-corrected chi connectivity index (χ3v) is 3.92. The van der Waals surface area contributed by atoms with Crippen molar-refractivity contribution in [3.8, 4) is 0 Å². The van der Waals surface area contributed by atoms with Gasteiger partial charge in [-0.3, -0.25) is 4.79 Å². The molecule has 0 N–H and O–H groups in total. The summed E-state index contributed by atoms with van der Waals surface area (Å²) in [5.74, 6) is 0.929. The number of ether oxygens (including phenoxy) is 1. The maximum Gasteiger partial charge on any atom is 0.315 e. The van der Waals surface area contributed by atoms with Crippen LogP contribution in [0.2, 0.25) is 0 Å². The average Bonchev–Trinajstić information content (AvgIpc) is 2.77. The van der Waals surface area contributed by atoms with Gasteiger partial charge in [-0.25, -0.2) is 0 Å². The molecule has 1 rings (SSSR count). The average molecular weight is 266 g/mol. The first kappa shape index (κ1) is 16.3. The van der Waals surface area contributed by atoms with Gasteiger partial charge in [0.25, 0.3) is 0 Å². The van der Waals surface area contributed by atoms with E-state index >= 15 is 0 Å². The number of carbonyl (C=O) groups excluding carboxylic acids is 1. The van der Waals surface area contributed by atoms with Crippen LogP contribution in [0.3, 0.4) is 0 Å². The number of esters is 1. The lowest BCUT2D eigenvalue weighted by Crippen LogP contribution is -1.93. The molecule has 1 heterocycles. The molecule has 0 aliphatic carbocycles. The molecule has 0 atom stereocenters. The molecule has 0 saturated carbocycles. The molecule has 0 unspecified atom stereocenters. The number of allylic oxidation sites excluding steroid dienone is 1. The quantitative estimate of drug-likeness (QED) is 0.363. The van der Waals surface area contributed by atoms with Gasteiger partial charge in [-0.15, -0.1) is 0 Å². The second kappa shape index (κ2) is 10.1. The van der Waals surface area contributed by atoms with E-state index in [9.17, 15) is 4.79 Å². The lowest BCUT2D eigenvalue weighted by atomic mass is 10.0. The molecule has 0 amide bonds. The highest BCUT2D eigenvalue weighted by atomic mass is 16.5. The predicted molar refractivity (Wildman–Crippen MR) is 79.9 cm³/mol. The molecule has 0 radical (unpaired) electrons.